The molecule has 0 aromatic heterocycles. The Morgan fingerprint density at radius 3 is 2.79 bits per heavy atom. The fourth-order valence-corrected chi connectivity index (χ4v) is 3.02. The van der Waals surface area contributed by atoms with E-state index in [1.165, 1.54) is 5.56 Å². The average molecular weight is 260 g/mol. The summed E-state index contributed by atoms with van der Waals surface area (Å²) < 4.78 is 11.9. The van der Waals surface area contributed by atoms with Crippen molar-refractivity contribution in [2.45, 2.75) is 51.6 Å². The molecule has 0 saturated carbocycles. The van der Waals surface area contributed by atoms with Gasteiger partial charge in [0.15, 0.2) is 5.78 Å². The molecule has 0 spiro atoms. The lowest BCUT2D eigenvalue weighted by molar-refractivity contribution is -0.167. The van der Waals surface area contributed by atoms with Crippen molar-refractivity contribution in [3.05, 3.63) is 35.9 Å². The van der Waals surface area contributed by atoms with Crippen LogP contribution in [0.15, 0.2) is 30.3 Å². The smallest absolute Gasteiger partial charge is 0.164 e. The minimum atomic E-state index is -0.237. The van der Waals surface area contributed by atoms with Crippen molar-refractivity contribution in [2.75, 3.05) is 0 Å². The monoisotopic (exact) mass is 260 g/mol. The lowest BCUT2D eigenvalue weighted by atomic mass is 9.78. The quantitative estimate of drug-likeness (QED) is 0.838. The van der Waals surface area contributed by atoms with Crippen LogP contribution in [-0.4, -0.2) is 24.1 Å². The minimum Gasteiger partial charge on any atom is -0.373 e. The number of rotatable bonds is 3. The molecule has 2 aliphatic rings. The Kier molecular flexibility index (Phi) is 3.19. The second kappa shape index (κ2) is 4.73. The van der Waals surface area contributed by atoms with Gasteiger partial charge in [0.25, 0.3) is 0 Å². The zero-order chi connectivity index (χ0) is 13.5. The largest absolute Gasteiger partial charge is 0.373 e. The molecule has 0 unspecified atom stereocenters. The van der Waals surface area contributed by atoms with Crippen molar-refractivity contribution in [3.8, 4) is 0 Å². The molecule has 2 bridgehead atoms. The molecule has 3 nitrogen and oxygen atoms in total. The third-order valence-corrected chi connectivity index (χ3v) is 4.46. The molecule has 2 fully saturated rings. The van der Waals surface area contributed by atoms with Gasteiger partial charge < -0.3 is 9.47 Å². The average Bonchev–Trinajstić information content (AvgIpc) is 2.73. The number of hydrogen-bond donors (Lipinski definition) is 0. The number of ether oxygens (including phenoxy) is 2. The van der Waals surface area contributed by atoms with E-state index in [1.807, 2.05) is 18.2 Å². The van der Waals surface area contributed by atoms with Gasteiger partial charge in [0, 0.05) is 18.3 Å². The lowest BCUT2D eigenvalue weighted by Gasteiger charge is -2.42. The number of carbonyl (C=O) groups is 1. The zero-order valence-electron chi connectivity index (χ0n) is 11.5. The van der Waals surface area contributed by atoms with E-state index in [0.717, 1.165) is 0 Å². The molecular weight excluding hydrogens is 240 g/mol. The zero-order valence-corrected chi connectivity index (χ0v) is 11.5. The van der Waals surface area contributed by atoms with Crippen LogP contribution in [0.4, 0.5) is 0 Å². The van der Waals surface area contributed by atoms with Gasteiger partial charge in [-0.2, -0.15) is 0 Å². The maximum absolute atomic E-state index is 11.8. The fourth-order valence-electron chi connectivity index (χ4n) is 3.02. The summed E-state index contributed by atoms with van der Waals surface area (Å²) in [5.41, 5.74) is 1.07. The Morgan fingerprint density at radius 2 is 2.05 bits per heavy atom. The van der Waals surface area contributed by atoms with Crippen LogP contribution in [0.3, 0.4) is 0 Å². The number of hydrogen-bond acceptors (Lipinski definition) is 3. The van der Waals surface area contributed by atoms with E-state index in [9.17, 15) is 4.79 Å². The van der Waals surface area contributed by atoms with Gasteiger partial charge in [-0.05, 0) is 5.56 Å². The third-order valence-electron chi connectivity index (χ3n) is 4.46. The Morgan fingerprint density at radius 1 is 1.32 bits per heavy atom. The van der Waals surface area contributed by atoms with Crippen LogP contribution < -0.4 is 0 Å². The van der Waals surface area contributed by atoms with Gasteiger partial charge in [-0.15, -0.1) is 0 Å². The second-order valence-electron chi connectivity index (χ2n) is 6.13. The highest BCUT2D eigenvalue weighted by Crippen LogP contribution is 2.44. The summed E-state index contributed by atoms with van der Waals surface area (Å²) in [5, 5.41) is 0. The molecule has 0 aliphatic carbocycles. The van der Waals surface area contributed by atoms with E-state index in [-0.39, 0.29) is 29.5 Å². The van der Waals surface area contributed by atoms with E-state index < -0.39 is 0 Å². The number of ketones is 1. The van der Waals surface area contributed by atoms with Crippen LogP contribution >= 0.6 is 0 Å². The first kappa shape index (κ1) is 12.8. The molecule has 2 aliphatic heterocycles. The third kappa shape index (κ3) is 2.33. The van der Waals surface area contributed by atoms with E-state index in [1.54, 1.807) is 0 Å². The fraction of sp³-hybridized carbons (Fsp3) is 0.562. The van der Waals surface area contributed by atoms with E-state index in [4.69, 9.17) is 9.47 Å². The van der Waals surface area contributed by atoms with Gasteiger partial charge >= 0.3 is 0 Å². The van der Waals surface area contributed by atoms with E-state index >= 15 is 0 Å². The van der Waals surface area contributed by atoms with E-state index in [2.05, 4.69) is 26.0 Å². The first-order valence-electron chi connectivity index (χ1n) is 6.91. The first-order valence-corrected chi connectivity index (χ1v) is 6.91. The van der Waals surface area contributed by atoms with Crippen LogP contribution in [0.1, 0.15) is 32.3 Å². The molecule has 0 N–H and O–H groups in total. The van der Waals surface area contributed by atoms with Crippen molar-refractivity contribution in [3.63, 3.8) is 0 Å². The standard InChI is InChI=1S/C16H20O3/c1-16(2)14(9-13-12(17)8-15(16)19-13)18-10-11-6-4-3-5-7-11/h3-7,13-15H,8-10H2,1-2H3/t13-,14-,15-/m0/s1. The van der Waals surface area contributed by atoms with Crippen molar-refractivity contribution in [1.29, 1.82) is 0 Å². The van der Waals surface area contributed by atoms with Crippen LogP contribution in [0.5, 0.6) is 0 Å². The summed E-state index contributed by atoms with van der Waals surface area (Å²) in [6.45, 7) is 4.88. The van der Waals surface area contributed by atoms with Crippen molar-refractivity contribution < 1.29 is 14.3 Å². The molecule has 2 heterocycles. The molecule has 102 valence electrons. The summed E-state index contributed by atoms with van der Waals surface area (Å²) in [6.07, 6.45) is 1.10. The Balaban J connectivity index is 1.69. The summed E-state index contributed by atoms with van der Waals surface area (Å²) in [7, 11) is 0. The molecule has 19 heavy (non-hydrogen) atoms. The predicted molar refractivity (Wildman–Crippen MR) is 71.7 cm³/mol. The van der Waals surface area contributed by atoms with Crippen LogP contribution in [-0.2, 0) is 20.9 Å². The molecule has 3 rings (SSSR count). The number of benzene rings is 1. The lowest BCUT2D eigenvalue weighted by Crippen LogP contribution is -2.47. The minimum absolute atomic E-state index is 0.0134. The maximum Gasteiger partial charge on any atom is 0.164 e. The summed E-state index contributed by atoms with van der Waals surface area (Å²) in [6, 6.07) is 10.2. The number of fused-ring (bicyclic) bond motifs is 2. The Bertz CT molecular complexity index is 466. The summed E-state index contributed by atoms with van der Waals surface area (Å²) in [5.74, 6) is 0.240. The molecule has 2 saturated heterocycles. The first-order chi connectivity index (χ1) is 9.07. The molecule has 1 aromatic carbocycles. The Hall–Kier alpha value is -1.19. The van der Waals surface area contributed by atoms with Crippen LogP contribution in [0.25, 0.3) is 0 Å². The van der Waals surface area contributed by atoms with Gasteiger partial charge in [0.2, 0.25) is 0 Å². The SMILES string of the molecule is CC1(C)[C@@H](OCc2ccccc2)C[C@@H]2O[C@H]1CC2=O. The molecule has 0 radical (unpaired) electrons. The maximum atomic E-state index is 11.8. The van der Waals surface area contributed by atoms with Crippen molar-refractivity contribution in [2.24, 2.45) is 5.41 Å². The molecule has 3 atom stereocenters. The highest BCUT2D eigenvalue weighted by atomic mass is 16.5. The van der Waals surface area contributed by atoms with Gasteiger partial charge in [-0.25, -0.2) is 0 Å². The highest BCUT2D eigenvalue weighted by Gasteiger charge is 2.52. The van der Waals surface area contributed by atoms with Gasteiger partial charge in [0.1, 0.15) is 6.10 Å². The predicted octanol–water partition coefficient (Wildman–Crippen LogP) is 2.73. The number of carbonyl (C=O) groups excluding carboxylic acids is 1. The topological polar surface area (TPSA) is 35.5 Å². The van der Waals surface area contributed by atoms with Crippen molar-refractivity contribution in [1.82, 2.24) is 0 Å². The Labute approximate surface area is 113 Å². The summed E-state index contributed by atoms with van der Waals surface area (Å²) in [4.78, 5) is 11.8. The van der Waals surface area contributed by atoms with Gasteiger partial charge in [0.05, 0.1) is 18.8 Å². The molecular formula is C16H20O3. The molecule has 0 amide bonds. The molecule has 1 aromatic rings. The van der Waals surface area contributed by atoms with E-state index in [0.29, 0.717) is 19.4 Å². The van der Waals surface area contributed by atoms with Crippen molar-refractivity contribution >= 4 is 5.78 Å². The second-order valence-corrected chi connectivity index (χ2v) is 6.13. The van der Waals surface area contributed by atoms with Crippen LogP contribution in [0, 0.1) is 5.41 Å². The normalized spacial score (nSPS) is 32.5. The molecule has 3 heteroatoms. The summed E-state index contributed by atoms with van der Waals surface area (Å²) >= 11 is 0. The van der Waals surface area contributed by atoms with Gasteiger partial charge in [-0.3, -0.25) is 4.79 Å². The highest BCUT2D eigenvalue weighted by molar-refractivity contribution is 5.85. The number of Topliss-reactive ketones (excluding diaryl/α,β-unsaturated/α-hetero) is 1. The van der Waals surface area contributed by atoms with Gasteiger partial charge in [-0.1, -0.05) is 44.2 Å². The van der Waals surface area contributed by atoms with Crippen LogP contribution in [0.2, 0.25) is 0 Å².